The van der Waals surface area contributed by atoms with Crippen LogP contribution in [0.5, 0.6) is 23.0 Å². The first-order valence-electron chi connectivity index (χ1n) is 34.2. The second-order valence-corrected chi connectivity index (χ2v) is 32.2. The third-order valence-corrected chi connectivity index (χ3v) is 23.3. The first-order valence-corrected chi connectivity index (χ1v) is 40.6. The molecule has 0 saturated carbocycles. The first kappa shape index (κ1) is 87.5. The molecule has 15 aromatic rings. The van der Waals surface area contributed by atoms with E-state index in [1.54, 1.807) is 103 Å². The van der Waals surface area contributed by atoms with E-state index in [9.17, 15) is 39.6 Å². The average Bonchev–Trinajstić information content (AvgIpc) is 0.765. The number of aromatic nitrogens is 9. The van der Waals surface area contributed by atoms with E-state index in [0.717, 1.165) is 43.4 Å². The Bertz CT molecular complexity index is 6490. The largest absolute Gasteiger partial charge is 0.569 e. The van der Waals surface area contributed by atoms with Crippen molar-refractivity contribution in [2.45, 2.75) is 42.9 Å². The Balaban J connectivity index is 0.000000173. The van der Waals surface area contributed by atoms with E-state index < -0.39 is 30.1 Å². The van der Waals surface area contributed by atoms with Gasteiger partial charge < -0.3 is 23.9 Å². The highest BCUT2D eigenvalue weighted by Gasteiger charge is 2.23. The molecule has 15 rings (SSSR count). The van der Waals surface area contributed by atoms with Crippen LogP contribution >= 0.6 is 60.6 Å². The zero-order valence-electron chi connectivity index (χ0n) is 62.0. The quantitative estimate of drug-likeness (QED) is 0.0431. The van der Waals surface area contributed by atoms with Gasteiger partial charge in [-0.25, -0.2) is 25.3 Å². The van der Waals surface area contributed by atoms with Crippen LogP contribution in [0.25, 0.3) is 72.0 Å². The number of pyridine rings is 3. The molecule has 117 heavy (non-hydrogen) atoms. The summed E-state index contributed by atoms with van der Waals surface area (Å²) >= 11 is 21.5. The number of rotatable bonds is 19. The highest BCUT2D eigenvalue weighted by atomic mass is 79.9. The molecule has 6 heterocycles. The lowest BCUT2D eigenvalue weighted by Gasteiger charge is -2.16. The second kappa shape index (κ2) is 38.2. The summed E-state index contributed by atoms with van der Waals surface area (Å²) in [5.74, 6) is 2.37. The van der Waals surface area contributed by atoms with Crippen LogP contribution in [0, 0.1) is 20.8 Å². The van der Waals surface area contributed by atoms with Gasteiger partial charge in [0.05, 0.1) is 69.6 Å². The summed E-state index contributed by atoms with van der Waals surface area (Å²) in [5.41, 5.74) is 8.91. The van der Waals surface area contributed by atoms with Gasteiger partial charge in [-0.1, -0.05) is 82.4 Å². The molecule has 0 aliphatic heterocycles. The monoisotopic (exact) mass is 1770 g/mol. The molecule has 0 bridgehead atoms. The Morgan fingerprint density at radius 3 is 1.03 bits per heavy atom. The van der Waals surface area contributed by atoms with Gasteiger partial charge in [0.15, 0.2) is 17.5 Å². The summed E-state index contributed by atoms with van der Waals surface area (Å²) in [6.07, 6.45) is 4.35. The molecule has 4 N–H and O–H groups in total. The summed E-state index contributed by atoms with van der Waals surface area (Å²) in [7, 11) is -6.49. The van der Waals surface area contributed by atoms with Crippen molar-refractivity contribution in [2.24, 2.45) is 0 Å². The number of aryl methyl sites for hydroxylation is 3. The van der Waals surface area contributed by atoms with Crippen LogP contribution in [-0.2, 0) is 30.1 Å². The predicted octanol–water partition coefficient (Wildman–Crippen LogP) is 16.0. The highest BCUT2D eigenvalue weighted by molar-refractivity contribution is 9.10. The number of sulfonamides is 3. The zero-order valence-corrected chi connectivity index (χ0v) is 69.8. The van der Waals surface area contributed by atoms with E-state index in [1.165, 1.54) is 126 Å². The molecule has 1 unspecified atom stereocenters. The van der Waals surface area contributed by atoms with Crippen molar-refractivity contribution in [3.63, 3.8) is 0 Å². The van der Waals surface area contributed by atoms with Crippen LogP contribution in [0.4, 0.5) is 17.5 Å². The molecule has 0 aliphatic rings. The maximum absolute atomic E-state index is 13.0. The van der Waals surface area contributed by atoms with Gasteiger partial charge in [0.25, 0.3) is 46.7 Å². The summed E-state index contributed by atoms with van der Waals surface area (Å²) in [4.78, 5) is 38.8. The minimum Gasteiger partial charge on any atom is -0.537 e. The van der Waals surface area contributed by atoms with Crippen molar-refractivity contribution in [3.8, 4) is 62.3 Å². The van der Waals surface area contributed by atoms with E-state index in [0.29, 0.717) is 95.5 Å². The number of hydrogen-bond acceptors (Lipinski definition) is 20. The maximum Gasteiger partial charge on any atom is 0.569 e. The Morgan fingerprint density at radius 1 is 0.393 bits per heavy atom. The number of anilines is 3. The van der Waals surface area contributed by atoms with Gasteiger partial charge in [0.2, 0.25) is 0 Å². The van der Waals surface area contributed by atoms with Crippen LogP contribution in [0.2, 0.25) is 15.1 Å². The summed E-state index contributed by atoms with van der Waals surface area (Å²) < 4.78 is 111. The van der Waals surface area contributed by atoms with Crippen molar-refractivity contribution in [1.82, 2.24) is 44.3 Å². The second-order valence-electron chi connectivity index (χ2n) is 25.0. The average molecular weight is 1770 g/mol. The molecule has 0 fully saturated rings. The number of benzene rings is 9. The number of fused-ring (bicyclic) bond motifs is 3. The van der Waals surface area contributed by atoms with Gasteiger partial charge in [-0.15, -0.1) is 15.3 Å². The fourth-order valence-electron chi connectivity index (χ4n) is 11.9. The third-order valence-electron chi connectivity index (χ3n) is 17.5. The fraction of sp³-hybridized carbons (Fsp3) is 0.0854. The Morgan fingerprint density at radius 2 is 0.709 bits per heavy atom. The van der Waals surface area contributed by atoms with Gasteiger partial charge in [0.1, 0.15) is 23.0 Å². The fourth-order valence-corrected chi connectivity index (χ4v) is 15.7. The predicted molar refractivity (Wildman–Crippen MR) is 468 cm³/mol. The maximum atomic E-state index is 13.0. The van der Waals surface area contributed by atoms with Crippen LogP contribution in [-0.4, -0.2) is 104 Å². The van der Waals surface area contributed by atoms with Gasteiger partial charge in [-0.3, -0.25) is 42.3 Å². The minimum atomic E-state index is -3.92. The normalized spacial score (nSPS) is 11.0. The van der Waals surface area contributed by atoms with Crippen LogP contribution in [0.1, 0.15) is 24.1 Å². The Kier molecular flexibility index (Phi) is 28.6. The molecule has 0 aliphatic carbocycles. The smallest absolute Gasteiger partial charge is 0.537 e. The molecule has 35 heteroatoms. The Labute approximate surface area is 699 Å². The molecular weight excluding hydrogens is 1700 g/mol. The number of nitrogens with zero attached hydrogens (tertiary/aromatic N) is 9. The van der Waals surface area contributed by atoms with Crippen molar-refractivity contribution in [1.29, 1.82) is 0 Å². The summed E-state index contributed by atoms with van der Waals surface area (Å²) in [6.45, 7) is 5.74. The standard InChI is InChI=1S/2C27H21ClN4O4S.C20H15BrN4O4S.C7H7BClO2.CH4.H3P/c2*1-17-14-18(5-9-22(17)28)19-6-10-24(25(16-19)36-2)32-23-11-8-21(15-20(23)7-12-27(32)33)37(34,35)31-26-4-3-13-29-30-26;1-29-18-12-14(21)5-7-17(18)25-16-8-6-15(11-13(16)4-9-20(25)26)30(27,28)24-19-3-2-10-22-23-19;1-5-4-6(11-8-10)2-3-7(5)9;;/h2*3-16H,1-2H3,(H,30,31);2-12H,1H3,(H,23,24);2-4,10H,1H3;1H4;1H3. The topological polar surface area (TPSA) is 339 Å². The van der Waals surface area contributed by atoms with E-state index in [4.69, 9.17) is 58.7 Å². The number of ether oxygens (including phenoxy) is 3. The van der Waals surface area contributed by atoms with E-state index in [1.807, 2.05) is 81.4 Å². The van der Waals surface area contributed by atoms with Gasteiger partial charge in [-0.2, -0.15) is 25.2 Å². The highest BCUT2D eigenvalue weighted by Crippen LogP contribution is 2.37. The molecule has 0 saturated heterocycles. The molecule has 0 spiro atoms. The van der Waals surface area contributed by atoms with Crippen molar-refractivity contribution in [3.05, 3.63) is 322 Å². The number of methoxy groups -OCH3 is 3. The molecule has 1 atom stereocenters. The van der Waals surface area contributed by atoms with Gasteiger partial charge in [-0.05, 0) is 254 Å². The molecule has 0 amide bonds. The summed E-state index contributed by atoms with van der Waals surface area (Å²) in [6, 6.07) is 64.8. The molecule has 26 nitrogen and oxygen atoms in total. The number of halogens is 4. The lowest BCUT2D eigenvalue weighted by atomic mass is 10.0. The van der Waals surface area contributed by atoms with Crippen LogP contribution in [0.15, 0.2) is 289 Å². The molecule has 9 aromatic carbocycles. The van der Waals surface area contributed by atoms with Crippen molar-refractivity contribution < 1.29 is 49.1 Å². The number of hydrogen-bond donors (Lipinski definition) is 4. The van der Waals surface area contributed by atoms with Gasteiger partial charge >= 0.3 is 7.69 Å². The molecule has 597 valence electrons. The van der Waals surface area contributed by atoms with E-state index in [-0.39, 0.29) is 66.1 Å². The molecule has 6 aromatic heterocycles. The summed E-state index contributed by atoms with van der Waals surface area (Å²) in [5, 5.41) is 34.3. The van der Waals surface area contributed by atoms with E-state index in [2.05, 4.69) is 60.7 Å². The lowest BCUT2D eigenvalue weighted by Crippen LogP contribution is -2.19. The third kappa shape index (κ3) is 20.5. The van der Waals surface area contributed by atoms with Crippen molar-refractivity contribution in [2.75, 3.05) is 35.5 Å². The molecule has 1 radical (unpaired) electrons. The minimum absolute atomic E-state index is 0. The first-order chi connectivity index (χ1) is 55.1. The Hall–Kier alpha value is -11.9. The number of nitrogens with one attached hydrogen (secondary N) is 3. The molecular formula is C82H71BBrCl3N12O14PS3. The van der Waals surface area contributed by atoms with E-state index >= 15 is 0 Å². The van der Waals surface area contributed by atoms with Crippen LogP contribution in [0.3, 0.4) is 0 Å². The lowest BCUT2D eigenvalue weighted by molar-refractivity contribution is 0.412. The van der Waals surface area contributed by atoms with Crippen LogP contribution < -0.4 is 49.7 Å². The van der Waals surface area contributed by atoms with Gasteiger partial charge in [0, 0.05) is 72.5 Å². The zero-order chi connectivity index (χ0) is 81.9. The van der Waals surface area contributed by atoms with Crippen molar-refractivity contribution >= 4 is 149 Å². The SMILES string of the molecule is C.COc1cc(-c2ccc(Cl)c(C)c2)ccc1-n1c(=O)ccc2cc(S(=O)(=O)Nc3cccnn3)ccc21.COc1cc(-c2ccc(Cl)c(C)c2)ccc1-n1c(=O)ccc2cc(S(=O)(=O)Nc3cccnn3)ccc21.COc1cc(Br)ccc1-n1c(=O)ccc2cc(S(=O)(=O)Nc3cccnn3)ccc21.Cc1cc(O[B]O)ccc1Cl.P.